The van der Waals surface area contributed by atoms with E-state index < -0.39 is 192 Å². The fraction of sp³-hybridized carbons (Fsp3) is 0.473. The number of guanidine groups is 1. The first-order valence-corrected chi connectivity index (χ1v) is 44.7. The van der Waals surface area contributed by atoms with Gasteiger partial charge in [-0.2, -0.15) is 0 Å². The maximum absolute atomic E-state index is 15.8. The number of H-pyrrole nitrogens is 2. The van der Waals surface area contributed by atoms with E-state index >= 15 is 28.8 Å². The van der Waals surface area contributed by atoms with Crippen LogP contribution in [0.5, 0.6) is 11.5 Å². The summed E-state index contributed by atoms with van der Waals surface area (Å²) in [5, 5.41) is 102. The monoisotopic (exact) mass is 1890 g/mol. The van der Waals surface area contributed by atoms with Crippen LogP contribution in [0.1, 0.15) is 153 Å². The van der Waals surface area contributed by atoms with Crippen LogP contribution in [-0.4, -0.2) is 268 Å². The van der Waals surface area contributed by atoms with Gasteiger partial charge < -0.3 is 126 Å². The summed E-state index contributed by atoms with van der Waals surface area (Å²) in [6, 6.07) is 8.17. The van der Waals surface area contributed by atoms with Crippen molar-refractivity contribution in [2.45, 2.75) is 230 Å². The number of nitrogens with two attached hydrogens (primary N) is 2. The van der Waals surface area contributed by atoms with Crippen LogP contribution >= 0.6 is 0 Å². The number of imidazole rings is 1. The number of aliphatic hydroxyl groups is 3. The number of phenols is 1. The van der Waals surface area contributed by atoms with Crippen molar-refractivity contribution in [1.29, 1.82) is 5.41 Å². The second-order valence-electron chi connectivity index (χ2n) is 33.9. The molecule has 3 aromatic heterocycles. The average molecular weight is 1890 g/mol. The normalized spacial score (nSPS) is 14.3. The Morgan fingerprint density at radius 3 is 1.40 bits per heavy atom. The first kappa shape index (κ1) is 108. The van der Waals surface area contributed by atoms with E-state index in [0.29, 0.717) is 39.0 Å². The number of aliphatic hydroxyl groups excluding tert-OH is 3. The van der Waals surface area contributed by atoms with E-state index in [2.05, 4.69) is 117 Å². The van der Waals surface area contributed by atoms with Crippen LogP contribution in [0.2, 0.25) is 0 Å². The van der Waals surface area contributed by atoms with Gasteiger partial charge in [-0.15, -0.1) is 15.0 Å². The Labute approximate surface area is 785 Å². The van der Waals surface area contributed by atoms with E-state index in [1.54, 1.807) is 98.9 Å². The van der Waals surface area contributed by atoms with Gasteiger partial charge in [0.1, 0.15) is 84.0 Å². The first-order chi connectivity index (χ1) is 64.7. The number of rotatable bonds is 57. The number of hydrogen-bond donors (Lipinski definition) is 24. The van der Waals surface area contributed by atoms with Crippen molar-refractivity contribution in [1.82, 2.24) is 115 Å². The van der Waals surface area contributed by atoms with Crippen LogP contribution in [0.15, 0.2) is 134 Å². The number of aromatic nitrogens is 7. The lowest BCUT2D eigenvalue weighted by molar-refractivity contribution is -0.137. The molecule has 0 fully saturated rings. The number of nitrogens with zero attached hydrogens (tertiary/aromatic N) is 5. The molecule has 3 heterocycles. The molecule has 15 amide bonds. The topological polar surface area (TPSA) is 691 Å². The predicted octanol–water partition coefficient (Wildman–Crippen LogP) is -2.25. The quantitative estimate of drug-likeness (QED) is 0.00828. The van der Waals surface area contributed by atoms with Crippen molar-refractivity contribution in [3.63, 3.8) is 0 Å². The fourth-order valence-corrected chi connectivity index (χ4v) is 14.3. The van der Waals surface area contributed by atoms with Crippen LogP contribution < -0.4 is 96.0 Å². The summed E-state index contributed by atoms with van der Waals surface area (Å²) < 4.78 is 5.24. The highest BCUT2D eigenvalue weighted by Gasteiger charge is 2.40. The molecule has 26 N–H and O–H groups in total. The molecule has 45 nitrogen and oxygen atoms in total. The number of nitrogens with one attached hydrogen (secondary N) is 18. The molecule has 736 valence electrons. The maximum atomic E-state index is 15.8. The molecule has 0 saturated carbocycles. The summed E-state index contributed by atoms with van der Waals surface area (Å²) in [6.07, 6.45) is -0.579. The number of tetrazole rings is 1. The highest BCUT2D eigenvalue weighted by molar-refractivity contribution is 6.01. The molecule has 0 aliphatic heterocycles. The second kappa shape index (κ2) is 54.4. The number of amides is 15. The van der Waals surface area contributed by atoms with Crippen molar-refractivity contribution < 1.29 is 97.1 Å². The van der Waals surface area contributed by atoms with Crippen LogP contribution in [0.25, 0.3) is 16.6 Å². The number of methoxy groups -OCH3 is 1. The number of para-hydroxylation sites is 1. The van der Waals surface area contributed by atoms with Crippen LogP contribution in [0.4, 0.5) is 0 Å². The number of aromatic amines is 2. The zero-order valence-electron chi connectivity index (χ0n) is 77.4. The Kier molecular flexibility index (Phi) is 43.3. The minimum Gasteiger partial charge on any atom is -0.508 e. The van der Waals surface area contributed by atoms with Crippen molar-refractivity contribution in [2.24, 2.45) is 23.3 Å². The second-order valence-corrected chi connectivity index (χ2v) is 33.9. The van der Waals surface area contributed by atoms with Gasteiger partial charge in [-0.1, -0.05) is 94.9 Å². The van der Waals surface area contributed by atoms with E-state index in [1.165, 1.54) is 64.7 Å². The fourth-order valence-electron chi connectivity index (χ4n) is 14.3. The molecule has 0 bridgehead atoms. The Morgan fingerprint density at radius 2 is 0.926 bits per heavy atom. The molecule has 0 spiro atoms. The van der Waals surface area contributed by atoms with E-state index in [1.807, 2.05) is 13.8 Å². The van der Waals surface area contributed by atoms with Crippen molar-refractivity contribution >= 4 is 105 Å². The molecule has 0 aliphatic rings. The number of fused-ring (bicyclic) bond motifs is 1. The summed E-state index contributed by atoms with van der Waals surface area (Å²) in [6.45, 7) is 14.8. The number of carbonyl (C=O) groups excluding carboxylic acids is 15. The molecule has 0 saturated heterocycles. The number of phenolic OH excluding ortho intramolecular Hbond substituents is 1. The van der Waals surface area contributed by atoms with Crippen LogP contribution in [-0.2, 0) is 92.8 Å². The molecule has 0 unspecified atom stereocenters. The highest BCUT2D eigenvalue weighted by atomic mass is 16.5. The Bertz CT molecular complexity index is 5200. The summed E-state index contributed by atoms with van der Waals surface area (Å²) in [4.78, 5) is 226. The smallest absolute Gasteiger partial charge is 0.292 e. The minimum atomic E-state index is -1.79. The summed E-state index contributed by atoms with van der Waals surface area (Å²) in [5.41, 5.74) is 13.8. The highest BCUT2D eigenvalue weighted by Crippen LogP contribution is 2.22. The van der Waals surface area contributed by atoms with Crippen molar-refractivity contribution in [3.05, 3.63) is 162 Å². The molecule has 7 rings (SSSR count). The van der Waals surface area contributed by atoms with Crippen molar-refractivity contribution in [2.75, 3.05) is 33.4 Å². The Hall–Kier alpha value is -14.8. The van der Waals surface area contributed by atoms with Gasteiger partial charge in [-0.3, -0.25) is 77.3 Å². The lowest BCUT2D eigenvalue weighted by atomic mass is 10.00. The van der Waals surface area contributed by atoms with Gasteiger partial charge in [0.25, 0.3) is 11.7 Å². The Balaban J connectivity index is 1.26. The standard InChI is InChI=1S/C91H127N25O20/c1-49(2)39-67(101-54(9)120)86(131)111-74(52(7)118)88(133)109-70(41-55-21-12-11-13-22-55)82(127)103-65(26-16-18-36-96-78(123)51(5)6)80(125)108-72(44-58-46-95-48-100-58)85(130)106-69(42-56-28-32-60(121)33-29-56)83(128)107-71(43-57-45-99-63-24-15-14-23-62(57)63)84(129)104-64(25-17-19-37-97-90(135)77-113-115-116(114-77)59-30-34-61(136-10)35-31-59)79(124)102-66(27-20-38-98-91(93)94)81(126)105-68(40-50(3)4)87(132)112-75(53(8)119)89(134)110-73(47-117)76(92)122/h11-15,21-24,28-35,45-46,48-50,52-53,64-75,99,117-119,121H,5,16-20,25-27,36-44,47H2,1-4,6-10H3,(H2,92,122)(H,95,100)(H,96,123)(H,97,135)(H,101,120)(H,102,124)(H,103,127)(H,104,129)(H,105,126)(H,106,130)(H,107,128)(H,108,125)(H,109,133)(H,110,134)(H,111,131)(H,112,132)(H4,93,94,98)/t52-,53-,64+,65+,66+,67+,68+,69+,70+,71+,72+,73+,74+,75+/m1/s1. The molecule has 0 aliphatic carbocycles. The average Bonchev–Trinajstić information content (AvgIpc) is 1.65. The van der Waals surface area contributed by atoms with E-state index in [4.69, 9.17) is 21.6 Å². The number of carbonyl (C=O) groups is 15. The third kappa shape index (κ3) is 35.7. The number of benzene rings is 4. The van der Waals surface area contributed by atoms with E-state index in [0.717, 1.165) is 11.7 Å². The molecule has 7 aromatic rings. The van der Waals surface area contributed by atoms with E-state index in [9.17, 15) is 63.6 Å². The zero-order chi connectivity index (χ0) is 99.8. The first-order valence-electron chi connectivity index (χ1n) is 44.7. The van der Waals surface area contributed by atoms with E-state index in [-0.39, 0.29) is 138 Å². The van der Waals surface area contributed by atoms with Gasteiger partial charge >= 0.3 is 0 Å². The van der Waals surface area contributed by atoms with Gasteiger partial charge in [0.2, 0.25) is 82.7 Å². The van der Waals surface area contributed by atoms with Gasteiger partial charge in [0, 0.05) is 86.8 Å². The summed E-state index contributed by atoms with van der Waals surface area (Å²) in [5.74, 6) is -14.8. The molecular weight excluding hydrogens is 1760 g/mol. The number of ether oxygens (including phenoxy) is 1. The van der Waals surface area contributed by atoms with Gasteiger partial charge in [0.15, 0.2) is 5.96 Å². The third-order valence-electron chi connectivity index (χ3n) is 21.6. The molecule has 4 aromatic carbocycles. The molecule has 14 atom stereocenters. The zero-order valence-corrected chi connectivity index (χ0v) is 77.4. The van der Waals surface area contributed by atoms with Gasteiger partial charge in [-0.05, 0) is 161 Å². The third-order valence-corrected chi connectivity index (χ3v) is 21.6. The molecule has 0 radical (unpaired) electrons. The summed E-state index contributed by atoms with van der Waals surface area (Å²) in [7, 11) is 1.49. The molecule has 45 heteroatoms. The van der Waals surface area contributed by atoms with Crippen LogP contribution in [0, 0.1) is 17.2 Å². The number of primary amides is 1. The maximum Gasteiger partial charge on any atom is 0.292 e. The predicted molar refractivity (Wildman–Crippen MR) is 496 cm³/mol. The number of hydrogen-bond acceptors (Lipinski definition) is 25. The molecular formula is C91H127N25O20. The molecule has 136 heavy (non-hydrogen) atoms. The number of aromatic hydroxyl groups is 1. The van der Waals surface area contributed by atoms with Crippen molar-refractivity contribution in [3.8, 4) is 17.2 Å². The largest absolute Gasteiger partial charge is 0.508 e. The summed E-state index contributed by atoms with van der Waals surface area (Å²) >= 11 is 0. The van der Waals surface area contributed by atoms with Crippen LogP contribution in [0.3, 0.4) is 0 Å². The lowest BCUT2D eigenvalue weighted by Gasteiger charge is -2.29. The van der Waals surface area contributed by atoms with Gasteiger partial charge in [-0.25, -0.2) is 4.98 Å². The SMILES string of the molecule is C=C(C)C(=O)NCCCC[C@H](NC(=O)[C@H](Cc1ccccc1)NC(=O)[C@@H](NC(=O)[C@H](CC(C)C)NC(C)=O)[C@@H](C)O)C(=O)N[C@@H](Cc1cnc[nH]1)C(=O)N[C@@H](Cc1ccc(O)cc1)C(=O)N[C@@H](Cc1c[nH]c2ccccc12)C(=O)N[C@@H](CCCCNC(=O)c1nnn(-c2ccc(OC)cc2)n1)C(=O)N[C@@H](CCCNC(=N)N)C(=O)N[C@@H](CC(C)C)C(=O)N[C@H](C(=O)N[C@@H](CO)C(N)=O)[C@@H](C)O. The number of unbranched alkanes of at least 4 members (excludes halogenated alkanes) is 2. The Morgan fingerprint density at radius 1 is 0.485 bits per heavy atom. The minimum absolute atomic E-state index is 0.00450. The lowest BCUT2D eigenvalue weighted by Crippen LogP contribution is -2.62. The van der Waals surface area contributed by atoms with Gasteiger partial charge in [0.05, 0.1) is 37.9 Å².